The summed E-state index contributed by atoms with van der Waals surface area (Å²) in [7, 11) is 1.56. The van der Waals surface area contributed by atoms with Crippen LogP contribution < -0.4 is 20.7 Å². The number of amides is 2. The number of thiocarbonyl (C=S) groups is 1. The van der Waals surface area contributed by atoms with E-state index in [4.69, 9.17) is 17.0 Å². The van der Waals surface area contributed by atoms with E-state index >= 15 is 0 Å². The Labute approximate surface area is 151 Å². The zero-order valence-corrected chi connectivity index (χ0v) is 14.8. The first kappa shape index (κ1) is 18.4. The summed E-state index contributed by atoms with van der Waals surface area (Å²) in [6.07, 6.45) is 0. The second kappa shape index (κ2) is 8.79. The van der Waals surface area contributed by atoms with Crippen molar-refractivity contribution in [2.45, 2.75) is 6.92 Å². The third kappa shape index (κ3) is 5.29. The van der Waals surface area contributed by atoms with Crippen LogP contribution in [-0.4, -0.2) is 30.6 Å². The van der Waals surface area contributed by atoms with Gasteiger partial charge in [0.25, 0.3) is 11.8 Å². The molecule has 2 aromatic rings. The molecule has 0 aliphatic heterocycles. The molecule has 25 heavy (non-hydrogen) atoms. The second-order valence-electron chi connectivity index (χ2n) is 5.03. The highest BCUT2D eigenvalue weighted by molar-refractivity contribution is 7.80. The van der Waals surface area contributed by atoms with Crippen LogP contribution in [0.1, 0.15) is 27.6 Å². The largest absolute Gasteiger partial charge is 0.494 e. The van der Waals surface area contributed by atoms with Crippen LogP contribution in [0.2, 0.25) is 0 Å². The van der Waals surface area contributed by atoms with Gasteiger partial charge in [0.2, 0.25) is 0 Å². The molecule has 0 bridgehead atoms. The molecule has 0 saturated heterocycles. The lowest BCUT2D eigenvalue weighted by molar-refractivity contribution is 0.0959. The third-order valence-electron chi connectivity index (χ3n) is 3.24. The maximum absolute atomic E-state index is 12.3. The molecule has 6 nitrogen and oxygen atoms in total. The number of hydrogen-bond acceptors (Lipinski definition) is 4. The molecule has 2 aromatic carbocycles. The van der Waals surface area contributed by atoms with Gasteiger partial charge in [-0.3, -0.25) is 14.9 Å². The van der Waals surface area contributed by atoms with Crippen molar-refractivity contribution in [3.8, 4) is 5.75 Å². The standard InChI is InChI=1S/C18H19N3O3S/c1-3-24-15-9-5-7-13(11-15)17(23)21-18(25)20-14-8-4-6-12(10-14)16(22)19-2/h4-11H,3H2,1-2H3,(H,19,22)(H2,20,21,23,25). The SMILES string of the molecule is CCOc1cccc(C(=O)NC(=S)Nc2cccc(C(=O)NC)c2)c1. The van der Waals surface area contributed by atoms with E-state index in [0.29, 0.717) is 29.2 Å². The number of anilines is 1. The van der Waals surface area contributed by atoms with E-state index in [9.17, 15) is 9.59 Å². The molecular formula is C18H19N3O3S. The van der Waals surface area contributed by atoms with E-state index < -0.39 is 0 Å². The lowest BCUT2D eigenvalue weighted by Crippen LogP contribution is -2.34. The van der Waals surface area contributed by atoms with E-state index in [1.54, 1.807) is 55.6 Å². The molecule has 7 heteroatoms. The molecule has 2 rings (SSSR count). The Morgan fingerprint density at radius 1 is 1.04 bits per heavy atom. The fourth-order valence-electron chi connectivity index (χ4n) is 2.11. The van der Waals surface area contributed by atoms with Crippen molar-refractivity contribution >= 4 is 34.8 Å². The minimum Gasteiger partial charge on any atom is -0.494 e. The van der Waals surface area contributed by atoms with Crippen LogP contribution in [-0.2, 0) is 0 Å². The van der Waals surface area contributed by atoms with Crippen molar-refractivity contribution in [2.75, 3.05) is 19.0 Å². The van der Waals surface area contributed by atoms with Crippen LogP contribution in [0.25, 0.3) is 0 Å². The monoisotopic (exact) mass is 357 g/mol. The third-order valence-corrected chi connectivity index (χ3v) is 3.45. The number of hydrogen-bond donors (Lipinski definition) is 3. The Balaban J connectivity index is 2.01. The van der Waals surface area contributed by atoms with Gasteiger partial charge in [-0.2, -0.15) is 0 Å². The molecule has 0 aliphatic carbocycles. The fraction of sp³-hybridized carbons (Fsp3) is 0.167. The number of nitrogens with one attached hydrogen (secondary N) is 3. The zero-order chi connectivity index (χ0) is 18.2. The Morgan fingerprint density at radius 3 is 2.40 bits per heavy atom. The van der Waals surface area contributed by atoms with Gasteiger partial charge < -0.3 is 15.4 Å². The van der Waals surface area contributed by atoms with Gasteiger partial charge in [-0.05, 0) is 55.5 Å². The first-order valence-corrected chi connectivity index (χ1v) is 8.11. The number of benzene rings is 2. The van der Waals surface area contributed by atoms with Gasteiger partial charge in [0.05, 0.1) is 6.61 Å². The Morgan fingerprint density at radius 2 is 1.72 bits per heavy atom. The van der Waals surface area contributed by atoms with Crippen molar-refractivity contribution in [3.05, 3.63) is 59.7 Å². The summed E-state index contributed by atoms with van der Waals surface area (Å²) in [6.45, 7) is 2.39. The van der Waals surface area contributed by atoms with Crippen molar-refractivity contribution in [2.24, 2.45) is 0 Å². The Kier molecular flexibility index (Phi) is 6.47. The maximum atomic E-state index is 12.3. The van der Waals surface area contributed by atoms with E-state index in [0.717, 1.165) is 0 Å². The summed E-state index contributed by atoms with van der Waals surface area (Å²) in [5, 5.41) is 8.18. The first-order valence-electron chi connectivity index (χ1n) is 7.71. The van der Waals surface area contributed by atoms with Gasteiger partial charge in [-0.1, -0.05) is 12.1 Å². The first-order chi connectivity index (χ1) is 12.0. The molecule has 0 saturated carbocycles. The molecule has 0 heterocycles. The van der Waals surface area contributed by atoms with Gasteiger partial charge in [0, 0.05) is 23.9 Å². The van der Waals surface area contributed by atoms with Crippen LogP contribution in [0.5, 0.6) is 5.75 Å². The van der Waals surface area contributed by atoms with Crippen LogP contribution in [0.3, 0.4) is 0 Å². The number of ether oxygens (including phenoxy) is 1. The smallest absolute Gasteiger partial charge is 0.257 e. The van der Waals surface area contributed by atoms with Crippen LogP contribution in [0.4, 0.5) is 5.69 Å². The molecule has 0 aliphatic rings. The maximum Gasteiger partial charge on any atom is 0.257 e. The van der Waals surface area contributed by atoms with Gasteiger partial charge in [0.15, 0.2) is 5.11 Å². The normalized spacial score (nSPS) is 9.84. The molecule has 3 N–H and O–H groups in total. The van der Waals surface area contributed by atoms with Crippen LogP contribution in [0.15, 0.2) is 48.5 Å². The van der Waals surface area contributed by atoms with Gasteiger partial charge in [-0.15, -0.1) is 0 Å². The lowest BCUT2D eigenvalue weighted by Gasteiger charge is -2.11. The fourth-order valence-corrected chi connectivity index (χ4v) is 2.32. The molecule has 0 unspecified atom stereocenters. The molecule has 2 amide bonds. The average Bonchev–Trinajstić information content (AvgIpc) is 2.61. The van der Waals surface area contributed by atoms with Crippen molar-refractivity contribution in [3.63, 3.8) is 0 Å². The Hall–Kier alpha value is -2.93. The summed E-state index contributed by atoms with van der Waals surface area (Å²) in [5.41, 5.74) is 1.54. The molecule has 0 atom stereocenters. The summed E-state index contributed by atoms with van der Waals surface area (Å²) in [5.74, 6) is 0.0696. The van der Waals surface area contributed by atoms with Crippen molar-refractivity contribution < 1.29 is 14.3 Å². The summed E-state index contributed by atoms with van der Waals surface area (Å²) >= 11 is 5.16. The molecule has 0 fully saturated rings. The molecule has 0 radical (unpaired) electrons. The Bertz CT molecular complexity index is 793. The summed E-state index contributed by atoms with van der Waals surface area (Å²) in [4.78, 5) is 23.9. The highest BCUT2D eigenvalue weighted by Gasteiger charge is 2.10. The zero-order valence-electron chi connectivity index (χ0n) is 14.0. The van der Waals surface area contributed by atoms with E-state index in [2.05, 4.69) is 16.0 Å². The number of rotatable bonds is 5. The van der Waals surface area contributed by atoms with Crippen LogP contribution >= 0.6 is 12.2 Å². The second-order valence-corrected chi connectivity index (χ2v) is 5.44. The lowest BCUT2D eigenvalue weighted by atomic mass is 10.2. The molecule has 0 aromatic heterocycles. The molecule has 0 spiro atoms. The van der Waals surface area contributed by atoms with E-state index in [1.165, 1.54) is 0 Å². The van der Waals surface area contributed by atoms with Gasteiger partial charge in [-0.25, -0.2) is 0 Å². The average molecular weight is 357 g/mol. The van der Waals surface area contributed by atoms with Gasteiger partial charge >= 0.3 is 0 Å². The number of carbonyl (C=O) groups is 2. The van der Waals surface area contributed by atoms with Gasteiger partial charge in [0.1, 0.15) is 5.75 Å². The summed E-state index contributed by atoms with van der Waals surface area (Å²) in [6, 6.07) is 13.6. The topological polar surface area (TPSA) is 79.5 Å². The molecule has 130 valence electrons. The highest BCUT2D eigenvalue weighted by atomic mass is 32.1. The van der Waals surface area contributed by atoms with Crippen LogP contribution in [0, 0.1) is 0 Å². The van der Waals surface area contributed by atoms with Crippen molar-refractivity contribution in [1.29, 1.82) is 0 Å². The predicted molar refractivity (Wildman–Crippen MR) is 101 cm³/mol. The minimum atomic E-state index is -0.346. The van der Waals surface area contributed by atoms with Crippen molar-refractivity contribution in [1.82, 2.24) is 10.6 Å². The minimum absolute atomic E-state index is 0.140. The predicted octanol–water partition coefficient (Wildman–Crippen LogP) is 2.57. The van der Waals surface area contributed by atoms with E-state index in [1.807, 2.05) is 6.92 Å². The van der Waals surface area contributed by atoms with E-state index in [-0.39, 0.29) is 16.9 Å². The molecular weight excluding hydrogens is 338 g/mol. The summed E-state index contributed by atoms with van der Waals surface area (Å²) < 4.78 is 5.38. The highest BCUT2D eigenvalue weighted by Crippen LogP contribution is 2.14. The number of carbonyl (C=O) groups excluding carboxylic acids is 2. The quantitative estimate of drug-likeness (QED) is 0.717.